The number of nitrogens with one attached hydrogen (secondary N) is 2. The monoisotopic (exact) mass is 317 g/mol. The molecule has 0 aliphatic carbocycles. The minimum absolute atomic E-state index is 0.0315. The second-order valence-electron chi connectivity index (χ2n) is 4.57. The molecule has 0 fully saturated rings. The second kappa shape index (κ2) is 7.26. The quantitative estimate of drug-likeness (QED) is 0.852. The van der Waals surface area contributed by atoms with Gasteiger partial charge in [0.05, 0.1) is 17.1 Å². The fourth-order valence-corrected chi connectivity index (χ4v) is 1.75. The standard InChI is InChI=1S/C16H13F2N3O2/c1-10(22)20-14-8-12(17)13(18)9-15(14)21-16(23)6-5-11-4-2-3-7-19-11/h2-9H,1H3,(H,20,22)(H,21,23). The third-order valence-corrected chi connectivity index (χ3v) is 2.72. The Bertz CT molecular complexity index is 761. The first kappa shape index (κ1) is 16.3. The van der Waals surface area contributed by atoms with Gasteiger partial charge in [-0.15, -0.1) is 0 Å². The number of hydrogen-bond donors (Lipinski definition) is 2. The zero-order valence-electron chi connectivity index (χ0n) is 12.1. The van der Waals surface area contributed by atoms with Gasteiger partial charge in [-0.1, -0.05) is 6.07 Å². The molecule has 7 heteroatoms. The van der Waals surface area contributed by atoms with E-state index in [1.807, 2.05) is 0 Å². The van der Waals surface area contributed by atoms with Crippen LogP contribution in [-0.4, -0.2) is 16.8 Å². The Hall–Kier alpha value is -3.09. The number of aromatic nitrogens is 1. The van der Waals surface area contributed by atoms with Crippen molar-refractivity contribution in [1.82, 2.24) is 4.98 Å². The number of hydrogen-bond acceptors (Lipinski definition) is 3. The molecule has 0 saturated carbocycles. The van der Waals surface area contributed by atoms with Crippen LogP contribution >= 0.6 is 0 Å². The maximum atomic E-state index is 13.3. The van der Waals surface area contributed by atoms with Crippen LogP contribution in [0, 0.1) is 11.6 Å². The third-order valence-electron chi connectivity index (χ3n) is 2.72. The zero-order chi connectivity index (χ0) is 16.8. The van der Waals surface area contributed by atoms with Crippen LogP contribution in [-0.2, 0) is 9.59 Å². The lowest BCUT2D eigenvalue weighted by Crippen LogP contribution is -2.14. The number of amides is 2. The van der Waals surface area contributed by atoms with Gasteiger partial charge in [-0.3, -0.25) is 14.6 Å². The Morgan fingerprint density at radius 1 is 1.09 bits per heavy atom. The molecule has 0 radical (unpaired) electrons. The van der Waals surface area contributed by atoms with E-state index < -0.39 is 23.4 Å². The molecule has 2 rings (SSSR count). The number of rotatable bonds is 4. The topological polar surface area (TPSA) is 71.1 Å². The van der Waals surface area contributed by atoms with Gasteiger partial charge in [0.2, 0.25) is 11.8 Å². The number of benzene rings is 1. The van der Waals surface area contributed by atoms with Gasteiger partial charge in [0.25, 0.3) is 0 Å². The highest BCUT2D eigenvalue weighted by molar-refractivity contribution is 6.05. The SMILES string of the molecule is CC(=O)Nc1cc(F)c(F)cc1NC(=O)C=Cc1ccccn1. The molecule has 0 saturated heterocycles. The van der Waals surface area contributed by atoms with Gasteiger partial charge in [0.1, 0.15) is 0 Å². The molecule has 1 aromatic carbocycles. The van der Waals surface area contributed by atoms with Crippen LogP contribution in [0.3, 0.4) is 0 Å². The minimum atomic E-state index is -1.14. The summed E-state index contributed by atoms with van der Waals surface area (Å²) in [5.74, 6) is -3.32. The fraction of sp³-hybridized carbons (Fsp3) is 0.0625. The van der Waals surface area contributed by atoms with E-state index in [9.17, 15) is 18.4 Å². The summed E-state index contributed by atoms with van der Waals surface area (Å²) in [6.07, 6.45) is 4.23. The molecule has 0 spiro atoms. The predicted octanol–water partition coefficient (Wildman–Crippen LogP) is 2.97. The molecule has 2 aromatic rings. The van der Waals surface area contributed by atoms with Gasteiger partial charge in [-0.05, 0) is 18.2 Å². The summed E-state index contributed by atoms with van der Waals surface area (Å²) < 4.78 is 26.6. The maximum Gasteiger partial charge on any atom is 0.248 e. The Labute approximate surface area is 131 Å². The summed E-state index contributed by atoms with van der Waals surface area (Å²) in [6.45, 7) is 1.22. The second-order valence-corrected chi connectivity index (χ2v) is 4.57. The van der Waals surface area contributed by atoms with Crippen molar-refractivity contribution < 1.29 is 18.4 Å². The summed E-state index contributed by atoms with van der Waals surface area (Å²) >= 11 is 0. The highest BCUT2D eigenvalue weighted by Gasteiger charge is 2.12. The smallest absolute Gasteiger partial charge is 0.248 e. The number of carbonyl (C=O) groups is 2. The average molecular weight is 317 g/mol. The lowest BCUT2D eigenvalue weighted by Gasteiger charge is -2.11. The minimum Gasteiger partial charge on any atom is -0.324 e. The van der Waals surface area contributed by atoms with E-state index in [0.717, 1.165) is 12.1 Å². The predicted molar refractivity (Wildman–Crippen MR) is 82.6 cm³/mol. The highest BCUT2D eigenvalue weighted by atomic mass is 19.2. The normalized spacial score (nSPS) is 10.6. The number of carbonyl (C=O) groups excluding carboxylic acids is 2. The molecule has 1 aromatic heterocycles. The zero-order valence-corrected chi connectivity index (χ0v) is 12.1. The van der Waals surface area contributed by atoms with E-state index in [1.165, 1.54) is 19.1 Å². The van der Waals surface area contributed by atoms with Gasteiger partial charge in [-0.25, -0.2) is 8.78 Å². The molecule has 23 heavy (non-hydrogen) atoms. The first-order chi connectivity index (χ1) is 11.0. The molecule has 1 heterocycles. The summed E-state index contributed by atoms with van der Waals surface area (Å²) in [5, 5.41) is 4.70. The van der Waals surface area contributed by atoms with Crippen molar-refractivity contribution in [2.45, 2.75) is 6.92 Å². The molecule has 0 aliphatic heterocycles. The van der Waals surface area contributed by atoms with Crippen LogP contribution in [0.1, 0.15) is 12.6 Å². The van der Waals surface area contributed by atoms with Gasteiger partial charge < -0.3 is 10.6 Å². The molecule has 5 nitrogen and oxygen atoms in total. The van der Waals surface area contributed by atoms with E-state index >= 15 is 0 Å². The Morgan fingerprint density at radius 3 is 2.30 bits per heavy atom. The summed E-state index contributed by atoms with van der Waals surface area (Å²) in [4.78, 5) is 27.0. The van der Waals surface area contributed by atoms with E-state index in [0.29, 0.717) is 5.69 Å². The van der Waals surface area contributed by atoms with E-state index in [2.05, 4.69) is 15.6 Å². The molecule has 0 atom stereocenters. The Morgan fingerprint density at radius 2 is 1.74 bits per heavy atom. The number of anilines is 2. The van der Waals surface area contributed by atoms with E-state index in [4.69, 9.17) is 0 Å². The first-order valence-corrected chi connectivity index (χ1v) is 6.62. The van der Waals surface area contributed by atoms with Gasteiger partial charge in [0, 0.05) is 31.3 Å². The van der Waals surface area contributed by atoms with Gasteiger partial charge >= 0.3 is 0 Å². The van der Waals surface area contributed by atoms with Crippen LogP contribution < -0.4 is 10.6 Å². The van der Waals surface area contributed by atoms with Crippen molar-refractivity contribution in [2.24, 2.45) is 0 Å². The van der Waals surface area contributed by atoms with Crippen molar-refractivity contribution in [2.75, 3.05) is 10.6 Å². The van der Waals surface area contributed by atoms with Crippen molar-refractivity contribution in [1.29, 1.82) is 0 Å². The molecule has 2 amide bonds. The lowest BCUT2D eigenvalue weighted by atomic mass is 10.2. The van der Waals surface area contributed by atoms with Crippen molar-refractivity contribution in [3.63, 3.8) is 0 Å². The van der Waals surface area contributed by atoms with Gasteiger partial charge in [0.15, 0.2) is 11.6 Å². The molecule has 0 aliphatic rings. The summed E-state index contributed by atoms with van der Waals surface area (Å²) in [6, 6.07) is 6.79. The number of nitrogens with zero attached hydrogens (tertiary/aromatic N) is 1. The molecular formula is C16H13F2N3O2. The lowest BCUT2D eigenvalue weighted by molar-refractivity contribution is -0.114. The van der Waals surface area contributed by atoms with Crippen molar-refractivity contribution >= 4 is 29.3 Å². The van der Waals surface area contributed by atoms with Crippen molar-refractivity contribution in [3.8, 4) is 0 Å². The molecule has 118 valence electrons. The number of pyridine rings is 1. The molecule has 0 unspecified atom stereocenters. The Balaban J connectivity index is 2.18. The Kier molecular flexibility index (Phi) is 5.14. The number of halogens is 2. The van der Waals surface area contributed by atoms with Crippen LogP contribution in [0.25, 0.3) is 6.08 Å². The summed E-state index contributed by atoms with van der Waals surface area (Å²) in [7, 11) is 0. The highest BCUT2D eigenvalue weighted by Crippen LogP contribution is 2.25. The average Bonchev–Trinajstić information content (AvgIpc) is 2.51. The van der Waals surface area contributed by atoms with Crippen molar-refractivity contribution in [3.05, 3.63) is 59.9 Å². The summed E-state index contributed by atoms with van der Waals surface area (Å²) in [5.41, 5.74) is 0.487. The van der Waals surface area contributed by atoms with Crippen LogP contribution in [0.4, 0.5) is 20.2 Å². The van der Waals surface area contributed by atoms with Crippen LogP contribution in [0.2, 0.25) is 0 Å². The molecule has 0 bridgehead atoms. The van der Waals surface area contributed by atoms with E-state index in [-0.39, 0.29) is 11.4 Å². The van der Waals surface area contributed by atoms with E-state index in [1.54, 1.807) is 24.4 Å². The first-order valence-electron chi connectivity index (χ1n) is 6.62. The molecular weight excluding hydrogens is 304 g/mol. The largest absolute Gasteiger partial charge is 0.324 e. The fourth-order valence-electron chi connectivity index (χ4n) is 1.75. The maximum absolute atomic E-state index is 13.3. The van der Waals surface area contributed by atoms with Gasteiger partial charge in [-0.2, -0.15) is 0 Å². The van der Waals surface area contributed by atoms with Crippen LogP contribution in [0.15, 0.2) is 42.6 Å². The van der Waals surface area contributed by atoms with Crippen LogP contribution in [0.5, 0.6) is 0 Å². The third kappa shape index (κ3) is 4.70. The molecule has 2 N–H and O–H groups in total.